The molecule has 1 saturated heterocycles. The highest BCUT2D eigenvalue weighted by molar-refractivity contribution is 5.96. The molecule has 1 fully saturated rings. The second-order valence-corrected chi connectivity index (χ2v) is 4.69. The summed E-state index contributed by atoms with van der Waals surface area (Å²) in [6.45, 7) is -0.271. The lowest BCUT2D eigenvalue weighted by Gasteiger charge is -2.20. The molecule has 0 radical (unpaired) electrons. The molecule has 112 valence electrons. The molecule has 2 N–H and O–H groups in total. The van der Waals surface area contributed by atoms with Gasteiger partial charge in [-0.05, 0) is 18.6 Å². The number of methoxy groups -OCH3 is 1. The molecule has 1 aromatic rings. The molecule has 1 heterocycles. The van der Waals surface area contributed by atoms with Crippen LogP contribution >= 0.6 is 0 Å². The smallest absolute Gasteiger partial charge is 0.326 e. The van der Waals surface area contributed by atoms with Gasteiger partial charge >= 0.3 is 5.97 Å². The second-order valence-electron chi connectivity index (χ2n) is 4.69. The lowest BCUT2D eigenvalue weighted by Crippen LogP contribution is -2.43. The summed E-state index contributed by atoms with van der Waals surface area (Å²) in [5.74, 6) is -1.25. The van der Waals surface area contributed by atoms with E-state index in [9.17, 15) is 14.4 Å². The molecule has 1 aromatic carbocycles. The Balaban J connectivity index is 2.00. The van der Waals surface area contributed by atoms with Crippen molar-refractivity contribution in [2.45, 2.75) is 18.9 Å². The van der Waals surface area contributed by atoms with Crippen LogP contribution in [0.3, 0.4) is 0 Å². The summed E-state index contributed by atoms with van der Waals surface area (Å²) >= 11 is 0. The first kappa shape index (κ1) is 14.8. The minimum Gasteiger partial charge on any atom is -0.497 e. The van der Waals surface area contributed by atoms with Crippen LogP contribution in [-0.2, 0) is 14.4 Å². The van der Waals surface area contributed by atoms with Crippen LogP contribution in [0.15, 0.2) is 24.3 Å². The maximum absolute atomic E-state index is 11.9. The standard InChI is InChI=1S/C14H16N2O5/c1-21-10-4-2-3-9(7-10)15-12(17)8-16-11(14(19)20)5-6-13(16)18/h2-4,7,11H,5-6,8H2,1H3,(H,15,17)(H,19,20). The Morgan fingerprint density at radius 2 is 2.24 bits per heavy atom. The number of ether oxygens (including phenoxy) is 1. The van der Waals surface area contributed by atoms with Crippen molar-refractivity contribution in [1.82, 2.24) is 4.90 Å². The lowest BCUT2D eigenvalue weighted by molar-refractivity contribution is -0.147. The summed E-state index contributed by atoms with van der Waals surface area (Å²) in [6, 6.07) is 5.85. The van der Waals surface area contributed by atoms with Crippen LogP contribution in [-0.4, -0.2) is 47.5 Å². The number of nitrogens with zero attached hydrogens (tertiary/aromatic N) is 1. The van der Waals surface area contributed by atoms with Crippen LogP contribution in [0.4, 0.5) is 5.69 Å². The number of carboxylic acids is 1. The minimum absolute atomic E-state index is 0.156. The van der Waals surface area contributed by atoms with Crippen molar-refractivity contribution in [3.05, 3.63) is 24.3 Å². The van der Waals surface area contributed by atoms with Gasteiger partial charge in [0.05, 0.1) is 7.11 Å². The van der Waals surface area contributed by atoms with Gasteiger partial charge in [-0.15, -0.1) is 0 Å². The van der Waals surface area contributed by atoms with E-state index in [4.69, 9.17) is 9.84 Å². The molecule has 1 atom stereocenters. The molecule has 1 aliphatic heterocycles. The van der Waals surface area contributed by atoms with Gasteiger partial charge in [0, 0.05) is 18.2 Å². The summed E-state index contributed by atoms with van der Waals surface area (Å²) in [4.78, 5) is 35.7. The predicted octanol–water partition coefficient (Wildman–Crippen LogP) is 0.709. The predicted molar refractivity (Wildman–Crippen MR) is 74.0 cm³/mol. The fourth-order valence-corrected chi connectivity index (χ4v) is 2.24. The van der Waals surface area contributed by atoms with E-state index >= 15 is 0 Å². The number of benzene rings is 1. The van der Waals surface area contributed by atoms with Gasteiger partial charge in [0.15, 0.2) is 0 Å². The van der Waals surface area contributed by atoms with Crippen molar-refractivity contribution in [2.75, 3.05) is 19.0 Å². The van der Waals surface area contributed by atoms with Crippen LogP contribution in [0.1, 0.15) is 12.8 Å². The van der Waals surface area contributed by atoms with Gasteiger partial charge in [-0.1, -0.05) is 6.07 Å². The first-order valence-electron chi connectivity index (χ1n) is 6.47. The topological polar surface area (TPSA) is 95.9 Å². The third kappa shape index (κ3) is 3.50. The number of hydrogen-bond acceptors (Lipinski definition) is 4. The largest absolute Gasteiger partial charge is 0.497 e. The molecule has 1 unspecified atom stereocenters. The van der Waals surface area contributed by atoms with Crippen molar-refractivity contribution in [1.29, 1.82) is 0 Å². The molecular weight excluding hydrogens is 276 g/mol. The number of anilines is 1. The van der Waals surface area contributed by atoms with Crippen molar-refractivity contribution in [3.63, 3.8) is 0 Å². The Morgan fingerprint density at radius 3 is 2.90 bits per heavy atom. The first-order valence-corrected chi connectivity index (χ1v) is 6.47. The number of amides is 2. The Labute approximate surface area is 121 Å². The number of carbonyl (C=O) groups excluding carboxylic acids is 2. The van der Waals surface area contributed by atoms with E-state index in [1.807, 2.05) is 0 Å². The molecule has 1 aliphatic rings. The highest BCUT2D eigenvalue weighted by atomic mass is 16.5. The molecule has 7 heteroatoms. The van der Waals surface area contributed by atoms with Gasteiger partial charge in [0.1, 0.15) is 18.3 Å². The van der Waals surface area contributed by atoms with Crippen molar-refractivity contribution >= 4 is 23.5 Å². The number of nitrogens with one attached hydrogen (secondary N) is 1. The quantitative estimate of drug-likeness (QED) is 0.833. The van der Waals surface area contributed by atoms with Crippen LogP contribution in [0.5, 0.6) is 5.75 Å². The molecule has 0 aliphatic carbocycles. The molecule has 0 bridgehead atoms. The Hall–Kier alpha value is -2.57. The van der Waals surface area contributed by atoms with Crippen LogP contribution in [0.25, 0.3) is 0 Å². The molecule has 0 spiro atoms. The molecular formula is C14H16N2O5. The zero-order valence-electron chi connectivity index (χ0n) is 11.5. The minimum atomic E-state index is -1.09. The van der Waals surface area contributed by atoms with Gasteiger partial charge in [0.25, 0.3) is 0 Å². The molecule has 21 heavy (non-hydrogen) atoms. The fourth-order valence-electron chi connectivity index (χ4n) is 2.24. The molecule has 7 nitrogen and oxygen atoms in total. The van der Waals surface area contributed by atoms with Gasteiger partial charge in [-0.2, -0.15) is 0 Å². The number of carbonyl (C=O) groups is 3. The number of rotatable bonds is 5. The van der Waals surface area contributed by atoms with Crippen LogP contribution < -0.4 is 10.1 Å². The lowest BCUT2D eigenvalue weighted by atomic mass is 10.2. The third-order valence-corrected chi connectivity index (χ3v) is 3.28. The highest BCUT2D eigenvalue weighted by Crippen LogP contribution is 2.20. The Bertz CT molecular complexity index is 572. The molecule has 2 amide bonds. The summed E-state index contributed by atoms with van der Waals surface area (Å²) < 4.78 is 5.04. The Kier molecular flexibility index (Phi) is 4.42. The van der Waals surface area contributed by atoms with Gasteiger partial charge in [0.2, 0.25) is 11.8 Å². The zero-order valence-corrected chi connectivity index (χ0v) is 11.5. The number of likely N-dealkylation sites (tertiary alicyclic amines) is 1. The molecule has 0 aromatic heterocycles. The average molecular weight is 292 g/mol. The van der Waals surface area contributed by atoms with Crippen LogP contribution in [0.2, 0.25) is 0 Å². The van der Waals surface area contributed by atoms with Crippen molar-refractivity contribution in [3.8, 4) is 5.75 Å². The monoisotopic (exact) mass is 292 g/mol. The molecule has 0 saturated carbocycles. The molecule has 2 rings (SSSR count). The van der Waals surface area contributed by atoms with Gasteiger partial charge < -0.3 is 20.1 Å². The number of aliphatic carboxylic acids is 1. The van der Waals surface area contributed by atoms with Crippen molar-refractivity contribution < 1.29 is 24.2 Å². The zero-order chi connectivity index (χ0) is 15.4. The summed E-state index contributed by atoms with van der Waals surface area (Å²) in [7, 11) is 1.52. The maximum atomic E-state index is 11.9. The summed E-state index contributed by atoms with van der Waals surface area (Å²) in [6.07, 6.45) is 0.393. The van der Waals surface area contributed by atoms with Gasteiger partial charge in [-0.25, -0.2) is 4.79 Å². The highest BCUT2D eigenvalue weighted by Gasteiger charge is 2.36. The van der Waals surface area contributed by atoms with Crippen LogP contribution in [0, 0.1) is 0 Å². The maximum Gasteiger partial charge on any atom is 0.326 e. The van der Waals surface area contributed by atoms with E-state index in [1.165, 1.54) is 7.11 Å². The summed E-state index contributed by atoms with van der Waals surface area (Å²) in [5.41, 5.74) is 0.526. The van der Waals surface area contributed by atoms with E-state index in [0.29, 0.717) is 11.4 Å². The second kappa shape index (κ2) is 6.25. The summed E-state index contributed by atoms with van der Waals surface area (Å²) in [5, 5.41) is 11.6. The normalized spacial score (nSPS) is 17.7. The van der Waals surface area contributed by atoms with E-state index in [1.54, 1.807) is 24.3 Å². The SMILES string of the molecule is COc1cccc(NC(=O)CN2C(=O)CCC2C(=O)O)c1. The van der Waals surface area contributed by atoms with E-state index in [0.717, 1.165) is 4.90 Å². The average Bonchev–Trinajstić information content (AvgIpc) is 2.80. The van der Waals surface area contributed by atoms with Crippen molar-refractivity contribution in [2.24, 2.45) is 0 Å². The van der Waals surface area contributed by atoms with Gasteiger partial charge in [-0.3, -0.25) is 9.59 Å². The number of hydrogen-bond donors (Lipinski definition) is 2. The van der Waals surface area contributed by atoms with E-state index < -0.39 is 17.9 Å². The van der Waals surface area contributed by atoms with E-state index in [-0.39, 0.29) is 25.3 Å². The Morgan fingerprint density at radius 1 is 1.48 bits per heavy atom. The third-order valence-electron chi connectivity index (χ3n) is 3.28. The number of carboxylic acid groups (broad SMARTS) is 1. The fraction of sp³-hybridized carbons (Fsp3) is 0.357. The first-order chi connectivity index (χ1) is 10.0. The van der Waals surface area contributed by atoms with E-state index in [2.05, 4.69) is 5.32 Å².